The number of aromatic nitrogens is 1. The Morgan fingerprint density at radius 1 is 1.00 bits per heavy atom. The first-order valence-corrected chi connectivity index (χ1v) is 9.45. The number of nitrogens with zero attached hydrogens (tertiary/aromatic N) is 2. The zero-order chi connectivity index (χ0) is 22.0. The number of hydrogen-bond donors (Lipinski definition) is 0. The van der Waals surface area contributed by atoms with Gasteiger partial charge < -0.3 is 4.90 Å². The van der Waals surface area contributed by atoms with Crippen LogP contribution in [-0.4, -0.2) is 23.7 Å². The monoisotopic (exact) mass is 414 g/mol. The molecule has 31 heavy (non-hydrogen) atoms. The topological polar surface area (TPSA) is 50.3 Å². The number of ketones is 1. The molecule has 0 saturated heterocycles. The molecule has 2 heterocycles. The van der Waals surface area contributed by atoms with Crippen LogP contribution in [0.1, 0.15) is 27.0 Å². The highest BCUT2D eigenvalue weighted by atomic mass is 19.2. The highest BCUT2D eigenvalue weighted by Gasteiger charge is 2.32. The van der Waals surface area contributed by atoms with Gasteiger partial charge in [-0.1, -0.05) is 17.9 Å². The van der Waals surface area contributed by atoms with Crippen LogP contribution in [0.25, 0.3) is 6.08 Å². The summed E-state index contributed by atoms with van der Waals surface area (Å²) in [5.41, 5.74) is 2.56. The molecule has 1 aliphatic heterocycles. The zero-order valence-electron chi connectivity index (χ0n) is 16.5. The van der Waals surface area contributed by atoms with E-state index in [4.69, 9.17) is 0 Å². The minimum Gasteiger partial charge on any atom is -0.311 e. The van der Waals surface area contributed by atoms with Crippen LogP contribution in [0.4, 0.5) is 14.5 Å². The van der Waals surface area contributed by atoms with Gasteiger partial charge in [0.15, 0.2) is 11.6 Å². The summed E-state index contributed by atoms with van der Waals surface area (Å²) < 4.78 is 26.7. The Hall–Kier alpha value is -4.11. The van der Waals surface area contributed by atoms with Gasteiger partial charge in [-0.15, -0.1) is 0 Å². The van der Waals surface area contributed by atoms with E-state index in [1.165, 1.54) is 17.0 Å². The number of carbonyl (C=O) groups excluding carboxylic acids is 2. The third-order valence-corrected chi connectivity index (χ3v) is 4.91. The molecule has 4 nitrogen and oxygen atoms in total. The fourth-order valence-corrected chi connectivity index (χ4v) is 3.27. The van der Waals surface area contributed by atoms with Crippen LogP contribution in [0.15, 0.2) is 66.5 Å². The Bertz CT molecular complexity index is 1290. The van der Waals surface area contributed by atoms with Crippen LogP contribution in [0.2, 0.25) is 0 Å². The minimum absolute atomic E-state index is 0.122. The summed E-state index contributed by atoms with van der Waals surface area (Å²) in [5, 5.41) is 0. The zero-order valence-corrected chi connectivity index (χ0v) is 16.5. The van der Waals surface area contributed by atoms with Crippen molar-refractivity contribution in [3.8, 4) is 11.8 Å². The van der Waals surface area contributed by atoms with Crippen molar-refractivity contribution >= 4 is 23.5 Å². The van der Waals surface area contributed by atoms with Crippen molar-refractivity contribution in [2.45, 2.75) is 6.42 Å². The summed E-state index contributed by atoms with van der Waals surface area (Å²) in [5.74, 6) is 3.04. The molecule has 1 aromatic heterocycles. The van der Waals surface area contributed by atoms with Gasteiger partial charge in [0.05, 0.1) is 11.3 Å². The van der Waals surface area contributed by atoms with Gasteiger partial charge in [-0.2, -0.15) is 0 Å². The van der Waals surface area contributed by atoms with Crippen molar-refractivity contribution < 1.29 is 18.4 Å². The number of carbonyl (C=O) groups is 2. The molecule has 0 bridgehead atoms. The van der Waals surface area contributed by atoms with E-state index in [1.54, 1.807) is 37.6 Å². The van der Waals surface area contributed by atoms with E-state index in [2.05, 4.69) is 16.8 Å². The Labute approximate surface area is 177 Å². The molecule has 0 atom stereocenters. The summed E-state index contributed by atoms with van der Waals surface area (Å²) in [7, 11) is 1.56. The van der Waals surface area contributed by atoms with E-state index in [0.29, 0.717) is 23.2 Å². The maximum atomic E-state index is 13.5. The number of Topliss-reactive ketones (excluding diaryl/α,β-unsaturated/α-hetero) is 1. The summed E-state index contributed by atoms with van der Waals surface area (Å²) in [6.45, 7) is 0. The quantitative estimate of drug-likeness (QED) is 0.359. The number of halogens is 2. The van der Waals surface area contributed by atoms with Gasteiger partial charge in [0.1, 0.15) is 0 Å². The smallest absolute Gasteiger partial charge is 0.262 e. The third-order valence-electron chi connectivity index (χ3n) is 4.91. The molecule has 6 heteroatoms. The van der Waals surface area contributed by atoms with Crippen LogP contribution >= 0.6 is 0 Å². The van der Waals surface area contributed by atoms with E-state index in [1.807, 2.05) is 12.1 Å². The molecule has 1 amide bonds. The fourth-order valence-electron chi connectivity index (χ4n) is 3.27. The largest absolute Gasteiger partial charge is 0.311 e. The van der Waals surface area contributed by atoms with Crippen molar-refractivity contribution in [3.63, 3.8) is 0 Å². The van der Waals surface area contributed by atoms with Gasteiger partial charge in [-0.25, -0.2) is 8.78 Å². The molecule has 3 aromatic rings. The number of fused-ring (bicyclic) bond motifs is 1. The molecule has 0 saturated carbocycles. The third kappa shape index (κ3) is 4.12. The summed E-state index contributed by atoms with van der Waals surface area (Å²) in [6, 6.07) is 12.0. The molecule has 2 aromatic carbocycles. The van der Waals surface area contributed by atoms with Gasteiger partial charge in [-0.3, -0.25) is 14.6 Å². The predicted octanol–water partition coefficient (Wildman–Crippen LogP) is 4.20. The van der Waals surface area contributed by atoms with Crippen LogP contribution < -0.4 is 4.90 Å². The number of rotatable bonds is 2. The van der Waals surface area contributed by atoms with Gasteiger partial charge in [0.2, 0.25) is 5.78 Å². The van der Waals surface area contributed by atoms with Crippen molar-refractivity contribution in [1.82, 2.24) is 4.98 Å². The molecule has 0 N–H and O–H groups in total. The first-order chi connectivity index (χ1) is 14.9. The standard InChI is InChI=1S/C25H16F2N2O2/c1-29-23-8-6-17(4-2-3-16-9-11-28-12-10-16)13-19(23)24(30)20(25(29)31)14-18-5-7-21(26)22(27)15-18/h5-15H,3H2,1H3/b20-14+. The Kier molecular flexibility index (Phi) is 5.42. The number of benzene rings is 2. The highest BCUT2D eigenvalue weighted by Crippen LogP contribution is 2.31. The van der Waals surface area contributed by atoms with Crippen molar-refractivity contribution in [2.75, 3.05) is 11.9 Å². The maximum Gasteiger partial charge on any atom is 0.262 e. The van der Waals surface area contributed by atoms with E-state index in [-0.39, 0.29) is 11.1 Å². The lowest BCUT2D eigenvalue weighted by molar-refractivity contribution is -0.114. The van der Waals surface area contributed by atoms with Crippen molar-refractivity contribution in [2.24, 2.45) is 0 Å². The average Bonchev–Trinajstić information content (AvgIpc) is 2.78. The SMILES string of the molecule is CN1C(=O)/C(=C/c2ccc(F)c(F)c2)C(=O)c2cc(C#CCc3ccncc3)ccc21. The molecular weight excluding hydrogens is 398 g/mol. The maximum absolute atomic E-state index is 13.5. The Morgan fingerprint density at radius 3 is 2.52 bits per heavy atom. The first-order valence-electron chi connectivity index (χ1n) is 9.45. The summed E-state index contributed by atoms with van der Waals surface area (Å²) in [6.07, 6.45) is 5.20. The first kappa shape index (κ1) is 20.2. The molecule has 0 unspecified atom stereocenters. The van der Waals surface area contributed by atoms with E-state index in [9.17, 15) is 18.4 Å². The number of amides is 1. The second-order valence-corrected chi connectivity index (χ2v) is 6.99. The molecular formula is C25H16F2N2O2. The molecule has 0 aliphatic carbocycles. The lowest BCUT2D eigenvalue weighted by Gasteiger charge is -2.26. The Morgan fingerprint density at radius 2 is 1.77 bits per heavy atom. The molecule has 0 radical (unpaired) electrons. The second kappa shape index (κ2) is 8.33. The van der Waals surface area contributed by atoms with E-state index >= 15 is 0 Å². The van der Waals surface area contributed by atoms with Crippen molar-refractivity contribution in [1.29, 1.82) is 0 Å². The highest BCUT2D eigenvalue weighted by molar-refractivity contribution is 6.36. The average molecular weight is 414 g/mol. The van der Waals surface area contributed by atoms with Crippen LogP contribution in [0.5, 0.6) is 0 Å². The number of pyridine rings is 1. The van der Waals surface area contributed by atoms with Crippen LogP contribution in [0, 0.1) is 23.5 Å². The number of anilines is 1. The predicted molar refractivity (Wildman–Crippen MR) is 113 cm³/mol. The van der Waals surface area contributed by atoms with Gasteiger partial charge in [0.25, 0.3) is 5.91 Å². The lowest BCUT2D eigenvalue weighted by Crippen LogP contribution is -2.36. The van der Waals surface area contributed by atoms with Gasteiger partial charge in [0, 0.05) is 37.0 Å². The number of likely N-dealkylation sites (N-methyl/N-ethyl adjacent to an activating group) is 1. The van der Waals surface area contributed by atoms with Crippen LogP contribution in [-0.2, 0) is 11.2 Å². The van der Waals surface area contributed by atoms with Crippen LogP contribution in [0.3, 0.4) is 0 Å². The van der Waals surface area contributed by atoms with Gasteiger partial charge in [-0.05, 0) is 59.7 Å². The second-order valence-electron chi connectivity index (χ2n) is 6.99. The molecule has 1 aliphatic rings. The molecule has 0 fully saturated rings. The molecule has 0 spiro atoms. The molecule has 4 rings (SSSR count). The minimum atomic E-state index is -1.05. The Balaban J connectivity index is 1.67. The van der Waals surface area contributed by atoms with E-state index in [0.717, 1.165) is 17.7 Å². The summed E-state index contributed by atoms with van der Waals surface area (Å²) >= 11 is 0. The van der Waals surface area contributed by atoms with E-state index < -0.39 is 23.3 Å². The fraction of sp³-hybridized carbons (Fsp3) is 0.0800. The van der Waals surface area contributed by atoms with Crippen molar-refractivity contribution in [3.05, 3.63) is 100 Å². The van der Waals surface area contributed by atoms with Gasteiger partial charge >= 0.3 is 0 Å². The lowest BCUT2D eigenvalue weighted by atomic mass is 9.92. The normalized spacial score (nSPS) is 14.3. The number of hydrogen-bond acceptors (Lipinski definition) is 3. The summed E-state index contributed by atoms with van der Waals surface area (Å²) in [4.78, 5) is 31.1. The molecule has 152 valence electrons.